The highest BCUT2D eigenvalue weighted by Gasteiger charge is 2.31. The third kappa shape index (κ3) is 9.27. The molecule has 0 aromatic heterocycles. The van der Waals surface area contributed by atoms with Gasteiger partial charge in [-0.3, -0.25) is 9.59 Å². The molecule has 1 fully saturated rings. The molecule has 218 valence electrons. The van der Waals surface area contributed by atoms with Gasteiger partial charge in [0.1, 0.15) is 23.3 Å². The Morgan fingerprint density at radius 3 is 2.22 bits per heavy atom. The normalized spacial score (nSPS) is 14.1. The predicted octanol–water partition coefficient (Wildman–Crippen LogP) is 5.95. The summed E-state index contributed by atoms with van der Waals surface area (Å²) in [5.74, 6) is 2.03. The van der Waals surface area contributed by atoms with Crippen molar-refractivity contribution in [2.75, 3.05) is 20.8 Å². The SMILES string of the molecule is COc1ccc(OCCCC(=O)N(Cc2cccc(OC)c2)[C@H](Cc2ccccc2)C(=O)NC2CCCCC2)cc1. The van der Waals surface area contributed by atoms with E-state index in [-0.39, 0.29) is 24.3 Å². The van der Waals surface area contributed by atoms with Gasteiger partial charge >= 0.3 is 0 Å². The second-order valence-electron chi connectivity index (χ2n) is 10.5. The molecule has 3 aromatic carbocycles. The van der Waals surface area contributed by atoms with Gasteiger partial charge in [-0.05, 0) is 66.8 Å². The molecule has 0 spiro atoms. The van der Waals surface area contributed by atoms with Crippen LogP contribution in [0.5, 0.6) is 17.2 Å². The van der Waals surface area contributed by atoms with Crippen LogP contribution < -0.4 is 19.5 Å². The number of methoxy groups -OCH3 is 2. The van der Waals surface area contributed by atoms with E-state index in [0.29, 0.717) is 31.7 Å². The van der Waals surface area contributed by atoms with Gasteiger partial charge in [0.25, 0.3) is 0 Å². The fourth-order valence-corrected chi connectivity index (χ4v) is 5.29. The molecule has 0 aliphatic heterocycles. The molecular formula is C34H42N2O5. The summed E-state index contributed by atoms with van der Waals surface area (Å²) < 4.78 is 16.5. The van der Waals surface area contributed by atoms with Crippen LogP contribution in [0.1, 0.15) is 56.1 Å². The lowest BCUT2D eigenvalue weighted by molar-refractivity contribution is -0.141. The largest absolute Gasteiger partial charge is 0.497 e. The zero-order chi connectivity index (χ0) is 28.9. The predicted molar refractivity (Wildman–Crippen MR) is 160 cm³/mol. The topological polar surface area (TPSA) is 77.1 Å². The van der Waals surface area contributed by atoms with E-state index in [9.17, 15) is 9.59 Å². The second-order valence-corrected chi connectivity index (χ2v) is 10.5. The first-order chi connectivity index (χ1) is 20.1. The molecule has 0 saturated heterocycles. The summed E-state index contributed by atoms with van der Waals surface area (Å²) in [6.45, 7) is 0.702. The van der Waals surface area contributed by atoms with Crippen molar-refractivity contribution in [3.05, 3.63) is 90.0 Å². The Kier molecular flexibility index (Phi) is 11.5. The van der Waals surface area contributed by atoms with Crippen molar-refractivity contribution < 1.29 is 23.8 Å². The van der Waals surface area contributed by atoms with Crippen LogP contribution in [-0.2, 0) is 22.6 Å². The average Bonchev–Trinajstić information content (AvgIpc) is 3.02. The fraction of sp³-hybridized carbons (Fsp3) is 0.412. The number of ether oxygens (including phenoxy) is 3. The third-order valence-corrected chi connectivity index (χ3v) is 7.57. The highest BCUT2D eigenvalue weighted by molar-refractivity contribution is 5.88. The molecule has 7 heteroatoms. The van der Waals surface area contributed by atoms with Crippen molar-refractivity contribution in [3.63, 3.8) is 0 Å². The smallest absolute Gasteiger partial charge is 0.243 e. The zero-order valence-corrected chi connectivity index (χ0v) is 24.2. The number of rotatable bonds is 14. The van der Waals surface area contributed by atoms with Gasteiger partial charge < -0.3 is 24.4 Å². The molecule has 1 aliphatic carbocycles. The number of carbonyl (C=O) groups excluding carboxylic acids is 2. The van der Waals surface area contributed by atoms with Crippen LogP contribution in [0.15, 0.2) is 78.9 Å². The number of hydrogen-bond donors (Lipinski definition) is 1. The van der Waals surface area contributed by atoms with Gasteiger partial charge in [-0.2, -0.15) is 0 Å². The molecule has 0 heterocycles. The van der Waals surface area contributed by atoms with Gasteiger partial charge in [0.15, 0.2) is 0 Å². The van der Waals surface area contributed by atoms with E-state index in [1.54, 1.807) is 19.1 Å². The van der Waals surface area contributed by atoms with Crippen LogP contribution in [0.25, 0.3) is 0 Å². The minimum Gasteiger partial charge on any atom is -0.497 e. The van der Waals surface area contributed by atoms with Gasteiger partial charge in [-0.15, -0.1) is 0 Å². The first-order valence-electron chi connectivity index (χ1n) is 14.6. The van der Waals surface area contributed by atoms with Crippen molar-refractivity contribution in [3.8, 4) is 17.2 Å². The number of nitrogens with zero attached hydrogens (tertiary/aromatic N) is 1. The molecule has 2 amide bonds. The van der Waals surface area contributed by atoms with Crippen molar-refractivity contribution in [2.45, 2.75) is 70.0 Å². The highest BCUT2D eigenvalue weighted by Crippen LogP contribution is 2.22. The molecule has 0 radical (unpaired) electrons. The van der Waals surface area contributed by atoms with E-state index < -0.39 is 6.04 Å². The Morgan fingerprint density at radius 2 is 1.51 bits per heavy atom. The van der Waals surface area contributed by atoms with E-state index in [0.717, 1.165) is 48.3 Å². The Hall–Kier alpha value is -4.00. The summed E-state index contributed by atoms with van der Waals surface area (Å²) in [6, 6.07) is 24.5. The number of carbonyl (C=O) groups is 2. The van der Waals surface area contributed by atoms with Gasteiger partial charge in [0.2, 0.25) is 11.8 Å². The van der Waals surface area contributed by atoms with Gasteiger partial charge in [0, 0.05) is 25.4 Å². The molecule has 3 aromatic rings. The van der Waals surface area contributed by atoms with Crippen LogP contribution in [0.4, 0.5) is 0 Å². The van der Waals surface area contributed by atoms with Crippen molar-refractivity contribution in [2.24, 2.45) is 0 Å². The average molecular weight is 559 g/mol. The van der Waals surface area contributed by atoms with Crippen LogP contribution in [-0.4, -0.2) is 49.6 Å². The molecule has 1 saturated carbocycles. The fourth-order valence-electron chi connectivity index (χ4n) is 5.29. The van der Waals surface area contributed by atoms with E-state index in [1.165, 1.54) is 6.42 Å². The van der Waals surface area contributed by atoms with E-state index in [2.05, 4.69) is 5.32 Å². The molecule has 1 atom stereocenters. The standard InChI is InChI=1S/C34H42N2O5/c1-39-29-18-20-30(21-19-29)41-22-10-17-33(37)36(25-27-13-9-16-31(23-27)40-2)32(24-26-11-5-3-6-12-26)34(38)35-28-14-7-4-8-15-28/h3,5-6,9,11-13,16,18-21,23,28,32H,4,7-8,10,14-15,17,22,24-25H2,1-2H3,(H,35,38)/t32-/m1/s1. The molecule has 0 bridgehead atoms. The van der Waals surface area contributed by atoms with Crippen LogP contribution in [0.2, 0.25) is 0 Å². The minimum atomic E-state index is -0.638. The molecule has 4 rings (SSSR count). The lowest BCUT2D eigenvalue weighted by atomic mass is 9.94. The maximum absolute atomic E-state index is 13.9. The Bertz CT molecular complexity index is 1230. The quantitative estimate of drug-likeness (QED) is 0.247. The number of hydrogen-bond acceptors (Lipinski definition) is 5. The summed E-state index contributed by atoms with van der Waals surface area (Å²) in [5, 5.41) is 3.29. The summed E-state index contributed by atoms with van der Waals surface area (Å²) in [5.41, 5.74) is 1.93. The Morgan fingerprint density at radius 1 is 0.829 bits per heavy atom. The zero-order valence-electron chi connectivity index (χ0n) is 24.2. The lowest BCUT2D eigenvalue weighted by Gasteiger charge is -2.33. The molecule has 1 N–H and O–H groups in total. The van der Waals surface area contributed by atoms with Crippen molar-refractivity contribution in [1.29, 1.82) is 0 Å². The molecule has 41 heavy (non-hydrogen) atoms. The Balaban J connectivity index is 1.52. The van der Waals surface area contributed by atoms with E-state index in [4.69, 9.17) is 14.2 Å². The summed E-state index contributed by atoms with van der Waals surface area (Å²) in [4.78, 5) is 29.5. The highest BCUT2D eigenvalue weighted by atomic mass is 16.5. The maximum Gasteiger partial charge on any atom is 0.243 e. The molecular weight excluding hydrogens is 516 g/mol. The van der Waals surface area contributed by atoms with Crippen LogP contribution >= 0.6 is 0 Å². The summed E-state index contributed by atoms with van der Waals surface area (Å²) in [7, 11) is 3.25. The first-order valence-corrected chi connectivity index (χ1v) is 14.6. The minimum absolute atomic E-state index is 0.0779. The van der Waals surface area contributed by atoms with Crippen LogP contribution in [0, 0.1) is 0 Å². The lowest BCUT2D eigenvalue weighted by Crippen LogP contribution is -2.52. The summed E-state index contributed by atoms with van der Waals surface area (Å²) >= 11 is 0. The molecule has 1 aliphatic rings. The second kappa shape index (κ2) is 15.7. The van der Waals surface area contributed by atoms with Crippen molar-refractivity contribution in [1.82, 2.24) is 10.2 Å². The maximum atomic E-state index is 13.9. The van der Waals surface area contributed by atoms with Gasteiger partial charge in [-0.1, -0.05) is 61.7 Å². The molecule has 0 unspecified atom stereocenters. The van der Waals surface area contributed by atoms with Gasteiger partial charge in [0.05, 0.1) is 20.8 Å². The third-order valence-electron chi connectivity index (χ3n) is 7.57. The molecule has 7 nitrogen and oxygen atoms in total. The van der Waals surface area contributed by atoms with E-state index >= 15 is 0 Å². The van der Waals surface area contributed by atoms with Crippen molar-refractivity contribution >= 4 is 11.8 Å². The van der Waals surface area contributed by atoms with Crippen LogP contribution in [0.3, 0.4) is 0 Å². The first kappa shape index (κ1) is 30.0. The number of nitrogens with one attached hydrogen (secondary N) is 1. The van der Waals surface area contributed by atoms with E-state index in [1.807, 2.05) is 78.9 Å². The van der Waals surface area contributed by atoms with Gasteiger partial charge in [-0.25, -0.2) is 0 Å². The Labute approximate surface area is 243 Å². The monoisotopic (exact) mass is 558 g/mol. The summed E-state index contributed by atoms with van der Waals surface area (Å²) in [6.07, 6.45) is 6.65. The number of amides is 2. The number of benzene rings is 3.